The number of rotatable bonds is 6. The van der Waals surface area contributed by atoms with Crippen molar-refractivity contribution in [3.8, 4) is 5.75 Å². The number of carbonyl (C=O) groups excluding carboxylic acids is 2. The van der Waals surface area contributed by atoms with E-state index < -0.39 is 12.0 Å². The first-order valence-corrected chi connectivity index (χ1v) is 10.8. The van der Waals surface area contributed by atoms with Gasteiger partial charge in [-0.1, -0.05) is 72.8 Å². The Hall–Kier alpha value is -3.48. The second kappa shape index (κ2) is 8.57. The van der Waals surface area contributed by atoms with Crippen molar-refractivity contribution in [3.63, 3.8) is 0 Å². The molecule has 32 heavy (non-hydrogen) atoms. The quantitative estimate of drug-likeness (QED) is 0.612. The molecule has 2 fully saturated rings. The van der Waals surface area contributed by atoms with Crippen LogP contribution in [0.5, 0.6) is 5.75 Å². The summed E-state index contributed by atoms with van der Waals surface area (Å²) in [5.74, 6) is -0.0108. The molecule has 3 aromatic carbocycles. The number of hydrazine groups is 1. The Bertz CT molecular complexity index is 1100. The predicted molar refractivity (Wildman–Crippen MR) is 120 cm³/mol. The zero-order valence-corrected chi connectivity index (χ0v) is 17.8. The number of likely N-dealkylation sites (tertiary alicyclic amines) is 1. The minimum Gasteiger partial charge on any atom is -0.497 e. The van der Waals surface area contributed by atoms with Gasteiger partial charge in [-0.3, -0.25) is 14.5 Å². The summed E-state index contributed by atoms with van der Waals surface area (Å²) in [4.78, 5) is 28.4. The molecule has 6 heteroatoms. The summed E-state index contributed by atoms with van der Waals surface area (Å²) in [5.41, 5.74) is 6.44. The Labute approximate surface area is 187 Å². The summed E-state index contributed by atoms with van der Waals surface area (Å²) in [5, 5.41) is 1.93. The number of fused-ring (bicyclic) bond motifs is 1. The molecule has 0 saturated carbocycles. The number of nitrogens with one attached hydrogen (secondary N) is 1. The fraction of sp³-hybridized carbons (Fsp3) is 0.231. The molecule has 2 aliphatic heterocycles. The van der Waals surface area contributed by atoms with Crippen LogP contribution in [-0.4, -0.2) is 34.9 Å². The average molecular weight is 428 g/mol. The molecule has 3 atom stereocenters. The molecule has 2 heterocycles. The van der Waals surface area contributed by atoms with Gasteiger partial charge in [-0.2, -0.15) is 0 Å². The van der Waals surface area contributed by atoms with Gasteiger partial charge in [0.25, 0.3) is 0 Å². The van der Waals surface area contributed by atoms with Crippen LogP contribution in [0.3, 0.4) is 0 Å². The SMILES string of the molecule is COc1ccc(C2NN(Cc3ccccc3)C3C(=O)N(Cc4ccccc4)C(=O)C23)cc1. The third kappa shape index (κ3) is 3.68. The van der Waals surface area contributed by atoms with Crippen LogP contribution < -0.4 is 10.2 Å². The normalized spacial score (nSPS) is 22.9. The summed E-state index contributed by atoms with van der Waals surface area (Å²) in [6, 6.07) is 26.5. The molecule has 2 amide bonds. The van der Waals surface area contributed by atoms with E-state index in [-0.39, 0.29) is 17.9 Å². The van der Waals surface area contributed by atoms with E-state index in [4.69, 9.17) is 4.74 Å². The second-order valence-electron chi connectivity index (χ2n) is 8.21. The molecule has 6 nitrogen and oxygen atoms in total. The third-order valence-corrected chi connectivity index (χ3v) is 6.26. The van der Waals surface area contributed by atoms with E-state index in [1.807, 2.05) is 89.9 Å². The average Bonchev–Trinajstić information content (AvgIpc) is 3.32. The maximum Gasteiger partial charge on any atom is 0.249 e. The molecule has 162 valence electrons. The molecule has 0 spiro atoms. The minimum atomic E-state index is -0.543. The van der Waals surface area contributed by atoms with Gasteiger partial charge in [0, 0.05) is 6.54 Å². The monoisotopic (exact) mass is 427 g/mol. The number of hydrogen-bond acceptors (Lipinski definition) is 5. The van der Waals surface area contributed by atoms with E-state index >= 15 is 0 Å². The molecule has 3 aromatic rings. The summed E-state index contributed by atoms with van der Waals surface area (Å²) >= 11 is 0. The van der Waals surface area contributed by atoms with Gasteiger partial charge in [-0.25, -0.2) is 10.4 Å². The van der Waals surface area contributed by atoms with Crippen LogP contribution in [-0.2, 0) is 22.7 Å². The highest BCUT2D eigenvalue weighted by Crippen LogP contribution is 2.41. The van der Waals surface area contributed by atoms with Gasteiger partial charge < -0.3 is 4.74 Å². The predicted octanol–water partition coefficient (Wildman–Crippen LogP) is 3.31. The lowest BCUT2D eigenvalue weighted by molar-refractivity contribution is -0.142. The first-order valence-electron chi connectivity index (χ1n) is 10.8. The maximum absolute atomic E-state index is 13.5. The zero-order chi connectivity index (χ0) is 22.1. The van der Waals surface area contributed by atoms with E-state index in [9.17, 15) is 9.59 Å². The largest absolute Gasteiger partial charge is 0.497 e. The third-order valence-electron chi connectivity index (χ3n) is 6.26. The van der Waals surface area contributed by atoms with Crippen molar-refractivity contribution in [2.24, 2.45) is 5.92 Å². The lowest BCUT2D eigenvalue weighted by atomic mass is 9.91. The van der Waals surface area contributed by atoms with Crippen LogP contribution in [0.1, 0.15) is 22.7 Å². The topological polar surface area (TPSA) is 61.9 Å². The molecule has 5 rings (SSSR count). The van der Waals surface area contributed by atoms with E-state index in [2.05, 4.69) is 5.43 Å². The number of nitrogens with zero attached hydrogens (tertiary/aromatic N) is 2. The number of methoxy groups -OCH3 is 1. The van der Waals surface area contributed by atoms with Crippen molar-refractivity contribution in [2.75, 3.05) is 7.11 Å². The molecule has 0 bridgehead atoms. The number of benzene rings is 3. The second-order valence-corrected chi connectivity index (χ2v) is 8.21. The molecule has 3 unspecified atom stereocenters. The highest BCUT2D eigenvalue weighted by molar-refractivity contribution is 6.07. The summed E-state index contributed by atoms with van der Waals surface area (Å²) in [6.07, 6.45) is 0. The molecular formula is C26H25N3O3. The van der Waals surface area contributed by atoms with E-state index in [0.29, 0.717) is 13.1 Å². The molecule has 0 radical (unpaired) electrons. The first-order chi connectivity index (χ1) is 15.7. The lowest BCUT2D eigenvalue weighted by Gasteiger charge is -2.25. The van der Waals surface area contributed by atoms with Gasteiger partial charge in [-0.15, -0.1) is 0 Å². The van der Waals surface area contributed by atoms with E-state index in [0.717, 1.165) is 22.4 Å². The van der Waals surface area contributed by atoms with Gasteiger partial charge in [0.05, 0.1) is 25.6 Å². The Morgan fingerprint density at radius 1 is 0.781 bits per heavy atom. The van der Waals surface area contributed by atoms with Gasteiger partial charge in [-0.05, 0) is 28.8 Å². The number of ether oxygens (including phenoxy) is 1. The molecule has 2 aliphatic rings. The van der Waals surface area contributed by atoms with Crippen molar-refractivity contribution in [3.05, 3.63) is 102 Å². The van der Waals surface area contributed by atoms with Crippen molar-refractivity contribution < 1.29 is 14.3 Å². The van der Waals surface area contributed by atoms with Crippen LogP contribution in [0.25, 0.3) is 0 Å². The summed E-state index contributed by atoms with van der Waals surface area (Å²) in [6.45, 7) is 0.826. The van der Waals surface area contributed by atoms with Crippen molar-refractivity contribution >= 4 is 11.8 Å². The van der Waals surface area contributed by atoms with E-state index in [1.54, 1.807) is 7.11 Å². The number of imide groups is 1. The molecular weight excluding hydrogens is 402 g/mol. The Morgan fingerprint density at radius 3 is 1.97 bits per heavy atom. The Kier molecular flexibility index (Phi) is 5.47. The maximum atomic E-state index is 13.5. The van der Waals surface area contributed by atoms with Crippen molar-refractivity contribution in [2.45, 2.75) is 25.2 Å². The van der Waals surface area contributed by atoms with Gasteiger partial charge >= 0.3 is 0 Å². The number of carbonyl (C=O) groups is 2. The van der Waals surface area contributed by atoms with E-state index in [1.165, 1.54) is 4.90 Å². The minimum absolute atomic E-state index is 0.132. The van der Waals surface area contributed by atoms with Gasteiger partial charge in [0.1, 0.15) is 11.8 Å². The standard InChI is InChI=1S/C26H25N3O3/c1-32-21-14-12-20(13-15-21)23-22-24(29(27-23)17-19-10-6-3-7-11-19)26(31)28(25(22)30)16-18-8-4-2-5-9-18/h2-15,22-24,27H,16-17H2,1H3. The highest BCUT2D eigenvalue weighted by Gasteiger charge is 2.58. The molecule has 0 aromatic heterocycles. The van der Waals surface area contributed by atoms with Crippen molar-refractivity contribution in [1.82, 2.24) is 15.3 Å². The molecule has 1 N–H and O–H groups in total. The number of amides is 2. The lowest BCUT2D eigenvalue weighted by Crippen LogP contribution is -2.44. The fourth-order valence-corrected chi connectivity index (χ4v) is 4.67. The molecule has 2 saturated heterocycles. The Morgan fingerprint density at radius 2 is 1.38 bits per heavy atom. The first kappa shape index (κ1) is 20.4. The highest BCUT2D eigenvalue weighted by atomic mass is 16.5. The van der Waals surface area contributed by atoms with Crippen LogP contribution >= 0.6 is 0 Å². The van der Waals surface area contributed by atoms with Crippen molar-refractivity contribution in [1.29, 1.82) is 0 Å². The van der Waals surface area contributed by atoms with Crippen LogP contribution in [0.15, 0.2) is 84.9 Å². The van der Waals surface area contributed by atoms with Crippen LogP contribution in [0.4, 0.5) is 0 Å². The number of hydrogen-bond donors (Lipinski definition) is 1. The zero-order valence-electron chi connectivity index (χ0n) is 17.8. The van der Waals surface area contributed by atoms with Gasteiger partial charge in [0.15, 0.2) is 0 Å². The fourth-order valence-electron chi connectivity index (χ4n) is 4.67. The Balaban J connectivity index is 1.48. The smallest absolute Gasteiger partial charge is 0.249 e. The summed E-state index contributed by atoms with van der Waals surface area (Å²) < 4.78 is 5.28. The van der Waals surface area contributed by atoms with Crippen LogP contribution in [0, 0.1) is 5.92 Å². The summed E-state index contributed by atoms with van der Waals surface area (Å²) in [7, 11) is 1.63. The molecule has 0 aliphatic carbocycles. The van der Waals surface area contributed by atoms with Crippen LogP contribution in [0.2, 0.25) is 0 Å². The van der Waals surface area contributed by atoms with Gasteiger partial charge in [0.2, 0.25) is 11.8 Å².